The summed E-state index contributed by atoms with van der Waals surface area (Å²) in [5, 5.41) is 12.2. The van der Waals surface area contributed by atoms with E-state index >= 15 is 0 Å². The van der Waals surface area contributed by atoms with Crippen LogP contribution in [0.5, 0.6) is 5.75 Å². The van der Waals surface area contributed by atoms with E-state index in [2.05, 4.69) is 11.4 Å². The summed E-state index contributed by atoms with van der Waals surface area (Å²) in [7, 11) is -2.34. The van der Waals surface area contributed by atoms with Crippen LogP contribution in [0, 0.1) is 24.2 Å². The number of hydrogen-bond donors (Lipinski definition) is 1. The monoisotopic (exact) mass is 453 g/mol. The molecule has 4 rings (SSSR count). The third kappa shape index (κ3) is 4.23. The molecule has 1 amide bonds. The molecule has 2 aromatic rings. The Morgan fingerprint density at radius 3 is 2.56 bits per heavy atom. The third-order valence-electron chi connectivity index (χ3n) is 6.36. The summed E-state index contributed by atoms with van der Waals surface area (Å²) in [4.78, 5) is 13.0. The maximum atomic E-state index is 13.3. The van der Waals surface area contributed by atoms with Gasteiger partial charge in [0.1, 0.15) is 10.6 Å². The van der Waals surface area contributed by atoms with Crippen LogP contribution >= 0.6 is 0 Å². The standard InChI is InChI=1S/C24H27N3O4S/c1-17-5-10-21(31-2)22(14-17)32(29,30)27-13-3-4-18(15-27)23(28)26-20-8-6-19(7-9-20)24(16-25)11-12-24/h5-10,14,18H,3-4,11-13,15H2,1-2H3,(H,26,28)/t18-/m0/s1. The van der Waals surface area contributed by atoms with Gasteiger partial charge in [-0.3, -0.25) is 4.79 Å². The maximum absolute atomic E-state index is 13.3. The molecule has 0 aromatic heterocycles. The average molecular weight is 454 g/mol. The highest BCUT2D eigenvalue weighted by atomic mass is 32.2. The van der Waals surface area contributed by atoms with E-state index < -0.39 is 15.9 Å². The number of carbonyl (C=O) groups is 1. The Balaban J connectivity index is 1.46. The number of rotatable bonds is 6. The van der Waals surface area contributed by atoms with Gasteiger partial charge in [-0.2, -0.15) is 9.57 Å². The van der Waals surface area contributed by atoms with Crippen LogP contribution < -0.4 is 10.1 Å². The van der Waals surface area contributed by atoms with Crippen molar-refractivity contribution in [2.75, 3.05) is 25.5 Å². The summed E-state index contributed by atoms with van der Waals surface area (Å²) >= 11 is 0. The van der Waals surface area contributed by atoms with Crippen molar-refractivity contribution in [2.24, 2.45) is 5.92 Å². The maximum Gasteiger partial charge on any atom is 0.246 e. The lowest BCUT2D eigenvalue weighted by Gasteiger charge is -2.31. The molecule has 0 radical (unpaired) electrons. The first kappa shape index (κ1) is 22.3. The van der Waals surface area contributed by atoms with E-state index in [-0.39, 0.29) is 22.8 Å². The molecule has 1 saturated heterocycles. The summed E-state index contributed by atoms with van der Waals surface area (Å²) in [5.41, 5.74) is 2.08. The number of anilines is 1. The summed E-state index contributed by atoms with van der Waals surface area (Å²) in [6.45, 7) is 2.33. The van der Waals surface area contributed by atoms with Crippen molar-refractivity contribution in [3.05, 3.63) is 53.6 Å². The van der Waals surface area contributed by atoms with Crippen molar-refractivity contribution in [3.63, 3.8) is 0 Å². The zero-order valence-electron chi connectivity index (χ0n) is 18.3. The second kappa shape index (κ2) is 8.57. The van der Waals surface area contributed by atoms with Crippen LogP contribution in [0.2, 0.25) is 0 Å². The Morgan fingerprint density at radius 1 is 1.22 bits per heavy atom. The second-order valence-corrected chi connectivity index (χ2v) is 10.5. The topological polar surface area (TPSA) is 99.5 Å². The van der Waals surface area contributed by atoms with Gasteiger partial charge in [-0.25, -0.2) is 8.42 Å². The van der Waals surface area contributed by atoms with Crippen LogP contribution in [0.4, 0.5) is 5.69 Å². The predicted octanol–water partition coefficient (Wildman–Crippen LogP) is 3.60. The Kier molecular flexibility index (Phi) is 5.97. The highest BCUT2D eigenvalue weighted by Crippen LogP contribution is 2.47. The van der Waals surface area contributed by atoms with Crippen molar-refractivity contribution in [1.82, 2.24) is 4.31 Å². The molecule has 1 saturated carbocycles. The number of carbonyl (C=O) groups excluding carboxylic acids is 1. The molecule has 0 unspecified atom stereocenters. The quantitative estimate of drug-likeness (QED) is 0.720. The van der Waals surface area contributed by atoms with Gasteiger partial charge in [-0.05, 0) is 68.0 Å². The molecule has 1 atom stereocenters. The van der Waals surface area contributed by atoms with E-state index in [1.165, 1.54) is 11.4 Å². The number of piperidine rings is 1. The molecule has 2 aliphatic rings. The van der Waals surface area contributed by atoms with Gasteiger partial charge < -0.3 is 10.1 Å². The van der Waals surface area contributed by atoms with E-state index in [0.29, 0.717) is 30.8 Å². The molecule has 1 aliphatic carbocycles. The Bertz CT molecular complexity index is 1160. The molecular weight excluding hydrogens is 426 g/mol. The highest BCUT2D eigenvalue weighted by molar-refractivity contribution is 7.89. The molecule has 168 valence electrons. The van der Waals surface area contributed by atoms with Crippen molar-refractivity contribution in [2.45, 2.75) is 42.9 Å². The molecule has 0 bridgehead atoms. The van der Waals surface area contributed by atoms with Gasteiger partial charge >= 0.3 is 0 Å². The van der Waals surface area contributed by atoms with E-state index in [9.17, 15) is 18.5 Å². The normalized spacial score (nSPS) is 20.2. The Hall–Kier alpha value is -2.89. The number of sulfonamides is 1. The van der Waals surface area contributed by atoms with Gasteiger partial charge in [-0.15, -0.1) is 0 Å². The average Bonchev–Trinajstić information content (AvgIpc) is 3.61. The molecular formula is C24H27N3O4S. The summed E-state index contributed by atoms with van der Waals surface area (Å²) < 4.78 is 33.3. The fourth-order valence-electron chi connectivity index (χ4n) is 4.21. The minimum atomic E-state index is -3.79. The lowest BCUT2D eigenvalue weighted by atomic mass is 9.97. The van der Waals surface area contributed by atoms with E-state index in [0.717, 1.165) is 24.0 Å². The lowest BCUT2D eigenvalue weighted by molar-refractivity contribution is -0.120. The van der Waals surface area contributed by atoms with Gasteiger partial charge in [0.05, 0.1) is 24.5 Å². The molecule has 1 heterocycles. The summed E-state index contributed by atoms with van der Waals surface area (Å²) in [6.07, 6.45) is 2.97. The first-order valence-corrected chi connectivity index (χ1v) is 12.2. The Labute approximate surface area is 189 Å². The minimum absolute atomic E-state index is 0.126. The Morgan fingerprint density at radius 2 is 1.94 bits per heavy atom. The SMILES string of the molecule is COc1ccc(C)cc1S(=O)(=O)N1CCC[C@H](C(=O)Nc2ccc(C3(C#N)CC3)cc2)C1. The highest BCUT2D eigenvalue weighted by Gasteiger charge is 2.44. The molecule has 32 heavy (non-hydrogen) atoms. The van der Waals surface area contributed by atoms with Crippen LogP contribution in [0.25, 0.3) is 0 Å². The molecule has 8 heteroatoms. The molecule has 2 aromatic carbocycles. The van der Waals surface area contributed by atoms with E-state index in [1.54, 1.807) is 30.3 Å². The minimum Gasteiger partial charge on any atom is -0.495 e. The smallest absolute Gasteiger partial charge is 0.246 e. The predicted molar refractivity (Wildman–Crippen MR) is 121 cm³/mol. The number of amides is 1. The van der Waals surface area contributed by atoms with Crippen LogP contribution in [0.3, 0.4) is 0 Å². The fraction of sp³-hybridized carbons (Fsp3) is 0.417. The number of hydrogen-bond acceptors (Lipinski definition) is 5. The second-order valence-electron chi connectivity index (χ2n) is 8.62. The van der Waals surface area contributed by atoms with Gasteiger partial charge in [-0.1, -0.05) is 18.2 Å². The number of nitrogens with one attached hydrogen (secondary N) is 1. The lowest BCUT2D eigenvalue weighted by Crippen LogP contribution is -2.43. The number of nitriles is 1. The molecule has 7 nitrogen and oxygen atoms in total. The van der Waals surface area contributed by atoms with Gasteiger partial charge in [0.2, 0.25) is 15.9 Å². The zero-order valence-corrected chi connectivity index (χ0v) is 19.1. The largest absolute Gasteiger partial charge is 0.495 e. The number of methoxy groups -OCH3 is 1. The van der Waals surface area contributed by atoms with Gasteiger partial charge in [0.25, 0.3) is 0 Å². The van der Waals surface area contributed by atoms with Gasteiger partial charge in [0, 0.05) is 18.8 Å². The van der Waals surface area contributed by atoms with Crippen molar-refractivity contribution >= 4 is 21.6 Å². The van der Waals surface area contributed by atoms with Crippen molar-refractivity contribution in [1.29, 1.82) is 5.26 Å². The first-order chi connectivity index (χ1) is 15.3. The number of benzene rings is 2. The van der Waals surface area contributed by atoms with Crippen LogP contribution in [0.15, 0.2) is 47.4 Å². The first-order valence-electron chi connectivity index (χ1n) is 10.8. The molecule has 2 fully saturated rings. The summed E-state index contributed by atoms with van der Waals surface area (Å²) in [6, 6.07) is 14.8. The van der Waals surface area contributed by atoms with Crippen LogP contribution in [0.1, 0.15) is 36.8 Å². The van der Waals surface area contributed by atoms with Gasteiger partial charge in [0.15, 0.2) is 0 Å². The molecule has 1 N–H and O–H groups in total. The zero-order chi connectivity index (χ0) is 22.9. The van der Waals surface area contributed by atoms with Crippen LogP contribution in [-0.4, -0.2) is 38.8 Å². The van der Waals surface area contributed by atoms with E-state index in [1.807, 2.05) is 19.1 Å². The van der Waals surface area contributed by atoms with Crippen LogP contribution in [-0.2, 0) is 20.2 Å². The number of nitrogens with zero attached hydrogens (tertiary/aromatic N) is 2. The third-order valence-corrected chi connectivity index (χ3v) is 8.25. The van der Waals surface area contributed by atoms with Crippen molar-refractivity contribution in [3.8, 4) is 11.8 Å². The van der Waals surface area contributed by atoms with E-state index in [4.69, 9.17) is 4.74 Å². The summed E-state index contributed by atoms with van der Waals surface area (Å²) in [5.74, 6) is -0.341. The number of aryl methyl sites for hydroxylation is 1. The number of ether oxygens (including phenoxy) is 1. The fourth-order valence-corrected chi connectivity index (χ4v) is 5.97. The molecule has 0 spiro atoms. The van der Waals surface area contributed by atoms with Crippen molar-refractivity contribution < 1.29 is 17.9 Å². The molecule has 1 aliphatic heterocycles.